The van der Waals surface area contributed by atoms with Crippen molar-refractivity contribution in [3.05, 3.63) is 65.7 Å². The van der Waals surface area contributed by atoms with Crippen LogP contribution in [0.2, 0.25) is 0 Å². The molecule has 0 aliphatic carbocycles. The van der Waals surface area contributed by atoms with Crippen LogP contribution in [0, 0.1) is 5.92 Å². The number of aromatic hydroxyl groups is 1. The Morgan fingerprint density at radius 3 is 1.74 bits per heavy atom. The van der Waals surface area contributed by atoms with E-state index in [0.29, 0.717) is 11.1 Å². The van der Waals surface area contributed by atoms with Crippen molar-refractivity contribution in [1.82, 2.24) is 26.6 Å². The molecule has 2 aromatic rings. The lowest BCUT2D eigenvalue weighted by Gasteiger charge is -2.26. The Bertz CT molecular complexity index is 1450. The maximum Gasteiger partial charge on any atom is 0.328 e. The van der Waals surface area contributed by atoms with E-state index < -0.39 is 84.5 Å². The van der Waals surface area contributed by atoms with Crippen molar-refractivity contribution in [2.75, 3.05) is 6.54 Å². The molecular weight excluding hydrogens is 652 g/mol. The van der Waals surface area contributed by atoms with Gasteiger partial charge in [-0.15, -0.1) is 0 Å². The molecule has 2 aromatic carbocycles. The molecule has 0 spiro atoms. The lowest BCUT2D eigenvalue weighted by molar-refractivity contribution is -0.145. The fraction of sp³-hybridized carbons (Fsp3) is 0.471. The maximum absolute atomic E-state index is 13.5. The fourth-order valence-corrected chi connectivity index (χ4v) is 4.84. The van der Waals surface area contributed by atoms with Crippen molar-refractivity contribution < 1.29 is 49.2 Å². The van der Waals surface area contributed by atoms with Crippen LogP contribution in [0.25, 0.3) is 0 Å². The van der Waals surface area contributed by atoms with Gasteiger partial charge in [-0.2, -0.15) is 0 Å². The van der Waals surface area contributed by atoms with Crippen LogP contribution in [-0.4, -0.2) is 105 Å². The molecule has 0 aromatic heterocycles. The second-order valence-electron chi connectivity index (χ2n) is 12.5. The topological polar surface area (TPSA) is 270 Å². The molecule has 0 unspecified atom stereocenters. The number of aliphatic hydroxyl groups excluding tert-OH is 2. The minimum absolute atomic E-state index is 0.0148. The first-order valence-electron chi connectivity index (χ1n) is 16.1. The zero-order valence-electron chi connectivity index (χ0n) is 28.5. The quantitative estimate of drug-likeness (QED) is 0.0802. The first kappa shape index (κ1) is 41.1. The van der Waals surface area contributed by atoms with E-state index in [-0.39, 0.29) is 30.9 Å². The lowest BCUT2D eigenvalue weighted by Crippen LogP contribution is -2.59. The Labute approximate surface area is 290 Å². The maximum atomic E-state index is 13.5. The van der Waals surface area contributed by atoms with Crippen molar-refractivity contribution in [3.8, 4) is 5.75 Å². The molecular formula is C34H48N6O10. The first-order chi connectivity index (χ1) is 23.5. The number of aliphatic hydroxyl groups is 2. The molecule has 0 aliphatic rings. The van der Waals surface area contributed by atoms with Gasteiger partial charge in [0, 0.05) is 6.42 Å². The van der Waals surface area contributed by atoms with E-state index in [4.69, 9.17) is 5.73 Å². The van der Waals surface area contributed by atoms with E-state index >= 15 is 0 Å². The smallest absolute Gasteiger partial charge is 0.328 e. The molecule has 0 heterocycles. The number of carbonyl (C=O) groups is 6. The Morgan fingerprint density at radius 1 is 0.660 bits per heavy atom. The highest BCUT2D eigenvalue weighted by molar-refractivity contribution is 5.95. The minimum atomic E-state index is -1.62. The summed E-state index contributed by atoms with van der Waals surface area (Å²) >= 11 is 0. The van der Waals surface area contributed by atoms with Gasteiger partial charge in [0.1, 0.15) is 23.9 Å². The van der Waals surface area contributed by atoms with Crippen molar-refractivity contribution in [1.29, 1.82) is 0 Å². The minimum Gasteiger partial charge on any atom is -0.508 e. The number of carbonyl (C=O) groups excluding carboxylic acids is 5. The van der Waals surface area contributed by atoms with Crippen LogP contribution < -0.4 is 32.3 Å². The van der Waals surface area contributed by atoms with E-state index in [1.807, 2.05) is 0 Å². The molecule has 0 bridgehead atoms. The van der Waals surface area contributed by atoms with E-state index in [2.05, 4.69) is 26.6 Å². The summed E-state index contributed by atoms with van der Waals surface area (Å²) < 4.78 is 0. The molecule has 274 valence electrons. The van der Waals surface area contributed by atoms with Crippen LogP contribution in [0.1, 0.15) is 45.2 Å². The van der Waals surface area contributed by atoms with Crippen LogP contribution in [0.4, 0.5) is 0 Å². The van der Waals surface area contributed by atoms with Crippen molar-refractivity contribution in [2.24, 2.45) is 11.7 Å². The number of hydrogen-bond acceptors (Lipinski definition) is 10. The number of phenolic OH excluding ortho intramolecular Hbond substituents is 1. The number of benzene rings is 2. The summed E-state index contributed by atoms with van der Waals surface area (Å²) in [5.41, 5.74) is 7.28. The number of rotatable bonds is 19. The van der Waals surface area contributed by atoms with E-state index in [1.165, 1.54) is 26.0 Å². The summed E-state index contributed by atoms with van der Waals surface area (Å²) in [6.07, 6.45) is -2.63. The van der Waals surface area contributed by atoms with Crippen LogP contribution in [-0.2, 0) is 41.6 Å². The Balaban J connectivity index is 2.12. The number of amides is 5. The highest BCUT2D eigenvalue weighted by atomic mass is 16.4. The molecule has 5 amide bonds. The fourth-order valence-electron chi connectivity index (χ4n) is 4.84. The van der Waals surface area contributed by atoms with Gasteiger partial charge in [0.15, 0.2) is 6.04 Å². The summed E-state index contributed by atoms with van der Waals surface area (Å²) in [7, 11) is 0. The van der Waals surface area contributed by atoms with Crippen molar-refractivity contribution in [2.45, 2.75) is 89.4 Å². The predicted octanol–water partition coefficient (Wildman–Crippen LogP) is -1.55. The Hall–Kier alpha value is -5.06. The third-order valence-electron chi connectivity index (χ3n) is 7.54. The van der Waals surface area contributed by atoms with Gasteiger partial charge in [0.25, 0.3) is 0 Å². The summed E-state index contributed by atoms with van der Waals surface area (Å²) in [6, 6.07) is 8.01. The largest absolute Gasteiger partial charge is 0.508 e. The number of hydrogen-bond donors (Lipinski definition) is 10. The van der Waals surface area contributed by atoms with Gasteiger partial charge in [0.2, 0.25) is 29.5 Å². The Morgan fingerprint density at radius 2 is 1.20 bits per heavy atom. The molecule has 16 heteroatoms. The van der Waals surface area contributed by atoms with Gasteiger partial charge >= 0.3 is 5.97 Å². The lowest BCUT2D eigenvalue weighted by atomic mass is 10.0. The van der Waals surface area contributed by atoms with Gasteiger partial charge in [-0.1, -0.05) is 56.3 Å². The second-order valence-corrected chi connectivity index (χ2v) is 12.5. The van der Waals surface area contributed by atoms with Gasteiger partial charge in [-0.05, 0) is 55.9 Å². The SMILES string of the molecule is CC(C)C[C@H](NC(=O)[C@H](Cc1ccccc1)NC(=O)CNC(=O)[C@H](NC(=O)[C@H](N)Cc1ccc(O)cc1)[C@H](C)O)C(=O)N[C@H](C(=O)O)[C@@H](C)O. The van der Waals surface area contributed by atoms with Crippen molar-refractivity contribution >= 4 is 35.5 Å². The van der Waals surface area contributed by atoms with Gasteiger partial charge in [0.05, 0.1) is 24.8 Å². The highest BCUT2D eigenvalue weighted by Gasteiger charge is 2.33. The molecule has 2 rings (SSSR count). The van der Waals surface area contributed by atoms with Crippen LogP contribution >= 0.6 is 0 Å². The predicted molar refractivity (Wildman–Crippen MR) is 181 cm³/mol. The number of carboxylic acid groups (broad SMARTS) is 1. The van der Waals surface area contributed by atoms with Crippen LogP contribution in [0.3, 0.4) is 0 Å². The van der Waals surface area contributed by atoms with Crippen molar-refractivity contribution in [3.63, 3.8) is 0 Å². The van der Waals surface area contributed by atoms with E-state index in [9.17, 15) is 49.2 Å². The van der Waals surface area contributed by atoms with Gasteiger partial charge in [-0.25, -0.2) is 4.79 Å². The molecule has 50 heavy (non-hydrogen) atoms. The third-order valence-corrected chi connectivity index (χ3v) is 7.54. The molecule has 0 aliphatic heterocycles. The molecule has 0 fully saturated rings. The first-order valence-corrected chi connectivity index (χ1v) is 16.1. The number of nitrogens with one attached hydrogen (secondary N) is 5. The van der Waals surface area contributed by atoms with E-state index in [1.54, 1.807) is 56.3 Å². The molecule has 0 radical (unpaired) electrons. The number of phenols is 1. The molecule has 16 nitrogen and oxygen atoms in total. The molecule has 0 saturated carbocycles. The standard InChI is InChI=1S/C34H48N6O10/c1-18(2)14-25(32(47)40-29(20(4)42)34(49)50)38-31(46)26(16-21-8-6-5-7-9-21)37-27(44)17-36-33(48)28(19(3)41)39-30(45)24(35)15-22-10-12-23(43)13-11-22/h5-13,18-20,24-26,28-29,41-43H,14-17,35H2,1-4H3,(H,36,48)(H,37,44)(H,38,46)(H,39,45)(H,40,47)(H,49,50)/t19-,20+,24+,25-,26-,28+,29-/m0/s1. The van der Waals surface area contributed by atoms with Crippen LogP contribution in [0.15, 0.2) is 54.6 Å². The summed E-state index contributed by atoms with van der Waals surface area (Å²) in [5, 5.41) is 50.9. The number of aliphatic carboxylic acids is 1. The summed E-state index contributed by atoms with van der Waals surface area (Å²) in [5.74, 6) is -5.61. The summed E-state index contributed by atoms with van der Waals surface area (Å²) in [6.45, 7) is 5.38. The molecule has 7 atom stereocenters. The van der Waals surface area contributed by atoms with E-state index in [0.717, 1.165) is 0 Å². The van der Waals surface area contributed by atoms with Gasteiger partial charge in [-0.3, -0.25) is 24.0 Å². The highest BCUT2D eigenvalue weighted by Crippen LogP contribution is 2.12. The number of nitrogens with two attached hydrogens (primary N) is 1. The average molecular weight is 701 g/mol. The number of carboxylic acids is 1. The average Bonchev–Trinajstić information content (AvgIpc) is 3.04. The van der Waals surface area contributed by atoms with Gasteiger partial charge < -0.3 is 52.7 Å². The zero-order valence-corrected chi connectivity index (χ0v) is 28.5. The van der Waals surface area contributed by atoms with Crippen LogP contribution in [0.5, 0.6) is 5.75 Å². The summed E-state index contributed by atoms with van der Waals surface area (Å²) in [4.78, 5) is 76.8. The third kappa shape index (κ3) is 13.8. The molecule has 11 N–H and O–H groups in total. The Kier molecular flexibility index (Phi) is 16.3. The normalized spacial score (nSPS) is 15.3. The molecule has 0 saturated heterocycles. The monoisotopic (exact) mass is 700 g/mol. The zero-order chi connectivity index (χ0) is 37.5. The second kappa shape index (κ2) is 19.8.